The van der Waals surface area contributed by atoms with E-state index in [1.165, 1.54) is 19.3 Å². The molecule has 0 bridgehead atoms. The van der Waals surface area contributed by atoms with Gasteiger partial charge in [-0.2, -0.15) is 11.3 Å². The largest absolute Gasteiger partial charge is 0.352 e. The molecule has 1 heterocycles. The Morgan fingerprint density at radius 2 is 2.24 bits per heavy atom. The summed E-state index contributed by atoms with van der Waals surface area (Å²) in [4.78, 5) is 12.0. The van der Waals surface area contributed by atoms with Crippen LogP contribution < -0.4 is 5.32 Å². The predicted octanol–water partition coefficient (Wildman–Crippen LogP) is 3.60. The molecule has 4 heteroatoms. The molecule has 94 valence electrons. The Balaban J connectivity index is 1.86. The number of halogens is 1. The van der Waals surface area contributed by atoms with Crippen molar-refractivity contribution in [3.63, 3.8) is 0 Å². The van der Waals surface area contributed by atoms with E-state index in [4.69, 9.17) is 0 Å². The number of carbonyl (C=O) groups excluding carboxylic acids is 1. The molecule has 1 aromatic heterocycles. The number of thiophene rings is 1. The number of hydrogen-bond acceptors (Lipinski definition) is 2. The standard InChI is InChI=1S/C13H18BrNOS/c1-9-7-17-8-12(9)13(16)15-6-11-4-2-3-10(11)5-14/h7-8,10-11H,2-6H2,1H3,(H,15,16). The Morgan fingerprint density at radius 3 is 2.88 bits per heavy atom. The van der Waals surface area contributed by atoms with Gasteiger partial charge in [-0.25, -0.2) is 0 Å². The third kappa shape index (κ3) is 3.10. The van der Waals surface area contributed by atoms with Crippen LogP contribution in [0.3, 0.4) is 0 Å². The van der Waals surface area contributed by atoms with E-state index in [1.807, 2.05) is 17.7 Å². The zero-order valence-electron chi connectivity index (χ0n) is 10.0. The summed E-state index contributed by atoms with van der Waals surface area (Å²) in [7, 11) is 0. The fraction of sp³-hybridized carbons (Fsp3) is 0.615. The Bertz CT molecular complexity index is 391. The van der Waals surface area contributed by atoms with Gasteiger partial charge in [0.05, 0.1) is 5.56 Å². The van der Waals surface area contributed by atoms with Crippen LogP contribution in [0.2, 0.25) is 0 Å². The summed E-state index contributed by atoms with van der Waals surface area (Å²) in [6.07, 6.45) is 3.84. The van der Waals surface area contributed by atoms with Crippen molar-refractivity contribution >= 4 is 33.2 Å². The number of aryl methyl sites for hydroxylation is 1. The molecule has 0 saturated heterocycles. The second kappa shape index (κ2) is 6.01. The van der Waals surface area contributed by atoms with Crippen LogP contribution in [0.1, 0.15) is 35.2 Å². The van der Waals surface area contributed by atoms with Crippen LogP contribution >= 0.6 is 27.3 Å². The molecule has 17 heavy (non-hydrogen) atoms. The lowest BCUT2D eigenvalue weighted by molar-refractivity contribution is 0.0944. The molecular formula is C13H18BrNOS. The van der Waals surface area contributed by atoms with Gasteiger partial charge in [0.2, 0.25) is 0 Å². The Kier molecular flexibility index (Phi) is 4.62. The smallest absolute Gasteiger partial charge is 0.252 e. The maximum Gasteiger partial charge on any atom is 0.252 e. The van der Waals surface area contributed by atoms with Crippen LogP contribution in [0.25, 0.3) is 0 Å². The molecule has 0 radical (unpaired) electrons. The highest BCUT2D eigenvalue weighted by Gasteiger charge is 2.26. The minimum absolute atomic E-state index is 0.0870. The monoisotopic (exact) mass is 315 g/mol. The second-order valence-electron chi connectivity index (χ2n) is 4.78. The highest BCUT2D eigenvalue weighted by molar-refractivity contribution is 9.09. The molecule has 2 rings (SSSR count). The van der Waals surface area contributed by atoms with Gasteiger partial charge in [0.1, 0.15) is 0 Å². The highest BCUT2D eigenvalue weighted by atomic mass is 79.9. The first kappa shape index (κ1) is 13.1. The lowest BCUT2D eigenvalue weighted by Crippen LogP contribution is -2.31. The SMILES string of the molecule is Cc1cscc1C(=O)NCC1CCCC1CBr. The Hall–Kier alpha value is -0.350. The van der Waals surface area contributed by atoms with Gasteiger partial charge < -0.3 is 5.32 Å². The Labute approximate surface area is 115 Å². The molecule has 0 spiro atoms. The maximum atomic E-state index is 12.0. The fourth-order valence-electron chi connectivity index (χ4n) is 2.50. The molecule has 0 aromatic carbocycles. The molecule has 2 atom stereocenters. The number of alkyl halides is 1. The van der Waals surface area contributed by atoms with Crippen molar-refractivity contribution in [1.29, 1.82) is 0 Å². The van der Waals surface area contributed by atoms with Gasteiger partial charge in [-0.1, -0.05) is 22.4 Å². The summed E-state index contributed by atoms with van der Waals surface area (Å²) >= 11 is 5.15. The van der Waals surface area contributed by atoms with Crippen LogP contribution in [0.15, 0.2) is 10.8 Å². The summed E-state index contributed by atoms with van der Waals surface area (Å²) in [5.41, 5.74) is 1.92. The second-order valence-corrected chi connectivity index (χ2v) is 6.17. The minimum atomic E-state index is 0.0870. The predicted molar refractivity (Wildman–Crippen MR) is 76.0 cm³/mol. The Morgan fingerprint density at radius 1 is 1.47 bits per heavy atom. The van der Waals surface area contributed by atoms with Gasteiger partial charge in [-0.15, -0.1) is 0 Å². The quantitative estimate of drug-likeness (QED) is 0.845. The molecule has 1 saturated carbocycles. The number of rotatable bonds is 4. The van der Waals surface area contributed by atoms with E-state index in [-0.39, 0.29) is 5.91 Å². The van der Waals surface area contributed by atoms with Crippen LogP contribution in [-0.4, -0.2) is 17.8 Å². The van der Waals surface area contributed by atoms with Crippen molar-refractivity contribution in [1.82, 2.24) is 5.32 Å². The summed E-state index contributed by atoms with van der Waals surface area (Å²) in [5, 5.41) is 8.09. The topological polar surface area (TPSA) is 29.1 Å². The summed E-state index contributed by atoms with van der Waals surface area (Å²) in [6.45, 7) is 2.81. The third-order valence-corrected chi connectivity index (χ3v) is 5.33. The first-order valence-corrected chi connectivity index (χ1v) is 8.15. The van der Waals surface area contributed by atoms with Crippen LogP contribution in [0.5, 0.6) is 0 Å². The van der Waals surface area contributed by atoms with Crippen molar-refractivity contribution in [2.24, 2.45) is 11.8 Å². The molecule has 0 aliphatic heterocycles. The van der Waals surface area contributed by atoms with Gasteiger partial charge in [-0.3, -0.25) is 4.79 Å². The van der Waals surface area contributed by atoms with Crippen molar-refractivity contribution in [2.45, 2.75) is 26.2 Å². The summed E-state index contributed by atoms with van der Waals surface area (Å²) in [6, 6.07) is 0. The van der Waals surface area contributed by atoms with Crippen LogP contribution in [0, 0.1) is 18.8 Å². The van der Waals surface area contributed by atoms with Gasteiger partial charge in [0, 0.05) is 17.3 Å². The zero-order valence-corrected chi connectivity index (χ0v) is 12.4. The number of carbonyl (C=O) groups is 1. The van der Waals surface area contributed by atoms with E-state index in [9.17, 15) is 4.79 Å². The maximum absolute atomic E-state index is 12.0. The van der Waals surface area contributed by atoms with E-state index in [0.717, 1.165) is 28.9 Å². The average Bonchev–Trinajstić information content (AvgIpc) is 2.94. The molecular weight excluding hydrogens is 298 g/mol. The molecule has 1 aromatic rings. The number of amides is 1. The van der Waals surface area contributed by atoms with E-state index in [2.05, 4.69) is 21.2 Å². The normalized spacial score (nSPS) is 23.9. The molecule has 2 nitrogen and oxygen atoms in total. The zero-order chi connectivity index (χ0) is 12.3. The first-order valence-electron chi connectivity index (χ1n) is 6.09. The van der Waals surface area contributed by atoms with Crippen molar-refractivity contribution in [3.8, 4) is 0 Å². The lowest BCUT2D eigenvalue weighted by atomic mass is 9.98. The van der Waals surface area contributed by atoms with E-state index in [0.29, 0.717) is 5.92 Å². The first-order chi connectivity index (χ1) is 8.22. The molecule has 2 unspecified atom stereocenters. The molecule has 1 aliphatic carbocycles. The highest BCUT2D eigenvalue weighted by Crippen LogP contribution is 2.32. The van der Waals surface area contributed by atoms with E-state index < -0.39 is 0 Å². The molecule has 1 N–H and O–H groups in total. The third-order valence-electron chi connectivity index (χ3n) is 3.64. The minimum Gasteiger partial charge on any atom is -0.352 e. The van der Waals surface area contributed by atoms with E-state index in [1.54, 1.807) is 11.3 Å². The van der Waals surface area contributed by atoms with E-state index >= 15 is 0 Å². The summed E-state index contributed by atoms with van der Waals surface area (Å²) < 4.78 is 0. The lowest BCUT2D eigenvalue weighted by Gasteiger charge is -2.17. The van der Waals surface area contributed by atoms with Crippen LogP contribution in [-0.2, 0) is 0 Å². The van der Waals surface area contributed by atoms with Gasteiger partial charge in [0.25, 0.3) is 5.91 Å². The fourth-order valence-corrected chi connectivity index (χ4v) is 4.18. The number of hydrogen-bond donors (Lipinski definition) is 1. The van der Waals surface area contributed by atoms with Gasteiger partial charge >= 0.3 is 0 Å². The van der Waals surface area contributed by atoms with Gasteiger partial charge in [-0.05, 0) is 42.5 Å². The van der Waals surface area contributed by atoms with Crippen LogP contribution in [0.4, 0.5) is 0 Å². The molecule has 1 amide bonds. The summed E-state index contributed by atoms with van der Waals surface area (Å²) in [5.74, 6) is 1.47. The average molecular weight is 316 g/mol. The van der Waals surface area contributed by atoms with Gasteiger partial charge in [0.15, 0.2) is 0 Å². The van der Waals surface area contributed by atoms with Crippen molar-refractivity contribution in [2.75, 3.05) is 11.9 Å². The molecule has 1 aliphatic rings. The molecule has 1 fully saturated rings. The van der Waals surface area contributed by atoms with Crippen molar-refractivity contribution < 1.29 is 4.79 Å². The number of nitrogens with one attached hydrogen (secondary N) is 1. The van der Waals surface area contributed by atoms with Crippen molar-refractivity contribution in [3.05, 3.63) is 21.9 Å².